The molecule has 0 unspecified atom stereocenters. The lowest BCUT2D eigenvalue weighted by atomic mass is 10.2. The highest BCUT2D eigenvalue weighted by Crippen LogP contribution is 2.33. The van der Waals surface area contributed by atoms with Crippen LogP contribution in [0.3, 0.4) is 0 Å². The Hall–Kier alpha value is -2.09. The fraction of sp³-hybridized carbons (Fsp3) is 0.571. The van der Waals surface area contributed by atoms with E-state index in [0.29, 0.717) is 12.6 Å². The molecule has 1 aliphatic carbocycles. The van der Waals surface area contributed by atoms with Gasteiger partial charge < -0.3 is 14.8 Å². The molecule has 8 heteroatoms. The van der Waals surface area contributed by atoms with Crippen molar-refractivity contribution in [1.82, 2.24) is 25.0 Å². The molecule has 1 aromatic heterocycles. The first-order chi connectivity index (χ1) is 14.1. The molecule has 2 aromatic rings. The zero-order valence-corrected chi connectivity index (χ0v) is 18.4. The molecule has 1 aromatic carbocycles. The molecular weight excluding hydrogens is 387 g/mol. The Labute approximate surface area is 177 Å². The minimum absolute atomic E-state index is 0.213. The summed E-state index contributed by atoms with van der Waals surface area (Å²) >= 11 is 1.68. The molecule has 3 rings (SSSR count). The fourth-order valence-electron chi connectivity index (χ4n) is 3.96. The van der Waals surface area contributed by atoms with Gasteiger partial charge in [-0.1, -0.05) is 36.7 Å². The average Bonchev–Trinajstić information content (AvgIpc) is 3.37. The third-order valence-electron chi connectivity index (χ3n) is 5.35. The number of aliphatic imine (C=N–C) groups is 1. The van der Waals surface area contributed by atoms with Crippen LogP contribution < -0.4 is 5.32 Å². The van der Waals surface area contributed by atoms with Gasteiger partial charge in [0.2, 0.25) is 0 Å². The SMILES string of the molecule is CN=C(NCCCc1nnc(SC)n1C1CCCC1)N(C)Cc1cccc(F)c1. The Bertz CT molecular complexity index is 815. The zero-order chi connectivity index (χ0) is 20.6. The topological polar surface area (TPSA) is 58.3 Å². The molecule has 6 nitrogen and oxygen atoms in total. The van der Waals surface area contributed by atoms with Crippen molar-refractivity contribution in [3.8, 4) is 0 Å². The molecule has 0 aliphatic heterocycles. The highest BCUT2D eigenvalue weighted by Gasteiger charge is 2.23. The molecular formula is C21H31FN6S. The van der Waals surface area contributed by atoms with E-state index in [9.17, 15) is 4.39 Å². The van der Waals surface area contributed by atoms with Gasteiger partial charge in [-0.15, -0.1) is 10.2 Å². The number of aromatic nitrogens is 3. The van der Waals surface area contributed by atoms with Crippen LogP contribution in [-0.4, -0.2) is 52.5 Å². The number of guanidine groups is 1. The van der Waals surface area contributed by atoms with Gasteiger partial charge in [0.25, 0.3) is 0 Å². The molecule has 1 aliphatic rings. The summed E-state index contributed by atoms with van der Waals surface area (Å²) < 4.78 is 15.8. The summed E-state index contributed by atoms with van der Waals surface area (Å²) in [4.78, 5) is 6.35. The number of halogens is 1. The van der Waals surface area contributed by atoms with E-state index in [4.69, 9.17) is 0 Å². The number of thioether (sulfide) groups is 1. The summed E-state index contributed by atoms with van der Waals surface area (Å²) in [5.41, 5.74) is 0.921. The van der Waals surface area contributed by atoms with E-state index in [0.717, 1.165) is 41.9 Å². The Morgan fingerprint density at radius 2 is 2.14 bits per heavy atom. The van der Waals surface area contributed by atoms with Gasteiger partial charge in [-0.05, 0) is 43.2 Å². The summed E-state index contributed by atoms with van der Waals surface area (Å²) in [7, 11) is 3.73. The van der Waals surface area contributed by atoms with E-state index in [1.807, 2.05) is 18.0 Å². The van der Waals surface area contributed by atoms with Crippen molar-refractivity contribution in [3.63, 3.8) is 0 Å². The molecule has 1 saturated carbocycles. The van der Waals surface area contributed by atoms with Gasteiger partial charge in [0.15, 0.2) is 11.1 Å². The Morgan fingerprint density at radius 1 is 1.34 bits per heavy atom. The van der Waals surface area contributed by atoms with E-state index in [1.54, 1.807) is 30.9 Å². The first-order valence-electron chi connectivity index (χ1n) is 10.3. The predicted molar refractivity (Wildman–Crippen MR) is 117 cm³/mol. The molecule has 29 heavy (non-hydrogen) atoms. The van der Waals surface area contributed by atoms with Crippen LogP contribution in [-0.2, 0) is 13.0 Å². The molecule has 0 spiro atoms. The van der Waals surface area contributed by atoms with Crippen LogP contribution in [0.25, 0.3) is 0 Å². The quantitative estimate of drug-likeness (QED) is 0.305. The lowest BCUT2D eigenvalue weighted by Gasteiger charge is -2.22. The van der Waals surface area contributed by atoms with Crippen LogP contribution >= 0.6 is 11.8 Å². The minimum Gasteiger partial charge on any atom is -0.356 e. The third kappa shape index (κ3) is 5.72. The van der Waals surface area contributed by atoms with Crippen molar-refractivity contribution < 1.29 is 4.39 Å². The second-order valence-electron chi connectivity index (χ2n) is 7.47. The molecule has 1 fully saturated rings. The standard InChI is InChI=1S/C21H31FN6S/c1-23-20(27(2)15-16-8-6-9-17(22)14-16)24-13-7-12-19-25-26-21(29-3)28(19)18-10-4-5-11-18/h6,8-9,14,18H,4-5,7,10-13,15H2,1-3H3,(H,23,24). The van der Waals surface area contributed by atoms with Gasteiger partial charge >= 0.3 is 0 Å². The van der Waals surface area contributed by atoms with Crippen LogP contribution in [0, 0.1) is 5.82 Å². The first-order valence-corrected chi connectivity index (χ1v) is 11.5. The third-order valence-corrected chi connectivity index (χ3v) is 5.99. The smallest absolute Gasteiger partial charge is 0.193 e. The monoisotopic (exact) mass is 418 g/mol. The van der Waals surface area contributed by atoms with E-state index in [-0.39, 0.29) is 5.82 Å². The predicted octanol–water partition coefficient (Wildman–Crippen LogP) is 3.89. The van der Waals surface area contributed by atoms with Gasteiger partial charge in [-0.25, -0.2) is 4.39 Å². The molecule has 0 bridgehead atoms. The van der Waals surface area contributed by atoms with Gasteiger partial charge in [-0.2, -0.15) is 0 Å². The molecule has 158 valence electrons. The van der Waals surface area contributed by atoms with Gasteiger partial charge in [0, 0.05) is 39.6 Å². The minimum atomic E-state index is -0.213. The van der Waals surface area contributed by atoms with Crippen molar-refractivity contribution in [1.29, 1.82) is 0 Å². The molecule has 1 N–H and O–H groups in total. The van der Waals surface area contributed by atoms with Crippen LogP contribution in [0.2, 0.25) is 0 Å². The highest BCUT2D eigenvalue weighted by molar-refractivity contribution is 7.98. The van der Waals surface area contributed by atoms with Gasteiger partial charge in [0.1, 0.15) is 11.6 Å². The van der Waals surface area contributed by atoms with Crippen molar-refractivity contribution in [3.05, 3.63) is 41.5 Å². The zero-order valence-electron chi connectivity index (χ0n) is 17.6. The van der Waals surface area contributed by atoms with Crippen molar-refractivity contribution in [2.24, 2.45) is 4.99 Å². The van der Waals surface area contributed by atoms with Crippen molar-refractivity contribution in [2.75, 3.05) is 26.9 Å². The number of hydrogen-bond acceptors (Lipinski definition) is 4. The van der Waals surface area contributed by atoms with Crippen LogP contribution in [0.15, 0.2) is 34.4 Å². The van der Waals surface area contributed by atoms with E-state index >= 15 is 0 Å². The number of aryl methyl sites for hydroxylation is 1. The second-order valence-corrected chi connectivity index (χ2v) is 8.25. The Morgan fingerprint density at radius 3 is 2.83 bits per heavy atom. The Kier molecular flexibility index (Phi) is 7.91. The van der Waals surface area contributed by atoms with E-state index in [2.05, 4.69) is 31.3 Å². The maximum absolute atomic E-state index is 13.4. The highest BCUT2D eigenvalue weighted by atomic mass is 32.2. The lowest BCUT2D eigenvalue weighted by molar-refractivity contribution is 0.457. The molecule has 0 radical (unpaired) electrons. The molecule has 1 heterocycles. The summed E-state index contributed by atoms with van der Waals surface area (Å²) in [5, 5.41) is 13.3. The van der Waals surface area contributed by atoms with E-state index in [1.165, 1.54) is 31.7 Å². The van der Waals surface area contributed by atoms with Crippen LogP contribution in [0.1, 0.15) is 49.5 Å². The number of nitrogens with zero attached hydrogens (tertiary/aromatic N) is 5. The molecule has 0 atom stereocenters. The number of benzene rings is 1. The lowest BCUT2D eigenvalue weighted by Crippen LogP contribution is -2.39. The second kappa shape index (κ2) is 10.6. The first kappa shape index (κ1) is 21.6. The Balaban J connectivity index is 1.51. The van der Waals surface area contributed by atoms with Gasteiger partial charge in [0.05, 0.1) is 0 Å². The summed E-state index contributed by atoms with van der Waals surface area (Å²) in [5.74, 6) is 1.68. The number of hydrogen-bond donors (Lipinski definition) is 1. The molecule has 0 saturated heterocycles. The van der Waals surface area contributed by atoms with Gasteiger partial charge in [-0.3, -0.25) is 4.99 Å². The summed E-state index contributed by atoms with van der Waals surface area (Å²) in [6.45, 7) is 1.40. The normalized spacial score (nSPS) is 15.1. The summed E-state index contributed by atoms with van der Waals surface area (Å²) in [6.07, 6.45) is 8.97. The maximum Gasteiger partial charge on any atom is 0.193 e. The maximum atomic E-state index is 13.4. The number of nitrogens with one attached hydrogen (secondary N) is 1. The largest absolute Gasteiger partial charge is 0.356 e. The van der Waals surface area contributed by atoms with Crippen LogP contribution in [0.5, 0.6) is 0 Å². The fourth-order valence-corrected chi connectivity index (χ4v) is 4.54. The van der Waals surface area contributed by atoms with Crippen molar-refractivity contribution in [2.45, 2.75) is 56.3 Å². The average molecular weight is 419 g/mol. The van der Waals surface area contributed by atoms with Crippen molar-refractivity contribution >= 4 is 17.7 Å². The number of rotatable bonds is 8. The van der Waals surface area contributed by atoms with E-state index < -0.39 is 0 Å². The molecule has 0 amide bonds. The van der Waals surface area contributed by atoms with Crippen LogP contribution in [0.4, 0.5) is 4.39 Å². The summed E-state index contributed by atoms with van der Waals surface area (Å²) in [6, 6.07) is 7.23.